The molecule has 1 aliphatic rings. The molecule has 0 unspecified atom stereocenters. The largest absolute Gasteiger partial charge is 0.476 e. The second kappa shape index (κ2) is 12.2. The van der Waals surface area contributed by atoms with Crippen molar-refractivity contribution in [3.05, 3.63) is 106 Å². The lowest BCUT2D eigenvalue weighted by molar-refractivity contribution is -0.143. The Bertz CT molecular complexity index is 1400. The second-order valence-electron chi connectivity index (χ2n) is 10.5. The molecule has 1 heterocycles. The zero-order valence-electron chi connectivity index (χ0n) is 23.6. The van der Waals surface area contributed by atoms with Crippen molar-refractivity contribution in [2.75, 3.05) is 6.61 Å². The van der Waals surface area contributed by atoms with Crippen LogP contribution in [0.3, 0.4) is 0 Å². The molecule has 0 N–H and O–H groups in total. The highest BCUT2D eigenvalue weighted by Crippen LogP contribution is 2.45. The van der Waals surface area contributed by atoms with Crippen LogP contribution in [-0.2, 0) is 25.2 Å². The standard InChI is InChI=1S/C33H33F3O5/c1-6-39-31(37)27-26(21-15-17-23(18-16-21)33(34,35)36)30(40-28(27)22-11-8-7-9-12-22)32(38)41-29-24(19(2)3)13-10-14-25(29)20(4)5/h7-20,26,30H,6H2,1-5H3/t26-,30-/m1/s1. The Morgan fingerprint density at radius 2 is 1.44 bits per heavy atom. The first-order chi connectivity index (χ1) is 19.4. The van der Waals surface area contributed by atoms with Crippen LogP contribution in [0.4, 0.5) is 13.2 Å². The molecule has 5 nitrogen and oxygen atoms in total. The lowest BCUT2D eigenvalue weighted by Crippen LogP contribution is -2.33. The molecule has 0 amide bonds. The summed E-state index contributed by atoms with van der Waals surface area (Å²) in [5, 5.41) is 0. The maximum Gasteiger partial charge on any atom is 0.416 e. The van der Waals surface area contributed by atoms with E-state index in [1.807, 2.05) is 45.9 Å². The molecule has 0 aliphatic carbocycles. The first-order valence-corrected chi connectivity index (χ1v) is 13.6. The van der Waals surface area contributed by atoms with E-state index in [2.05, 4.69) is 0 Å². The third-order valence-electron chi connectivity index (χ3n) is 6.99. The van der Waals surface area contributed by atoms with Gasteiger partial charge in [-0.2, -0.15) is 13.2 Å². The topological polar surface area (TPSA) is 61.8 Å². The molecule has 3 aromatic carbocycles. The van der Waals surface area contributed by atoms with Gasteiger partial charge in [0.05, 0.1) is 23.7 Å². The first kappa shape index (κ1) is 29.9. The number of rotatable bonds is 8. The Morgan fingerprint density at radius 3 is 1.95 bits per heavy atom. The van der Waals surface area contributed by atoms with Crippen molar-refractivity contribution in [3.63, 3.8) is 0 Å². The number of hydrogen-bond acceptors (Lipinski definition) is 5. The van der Waals surface area contributed by atoms with E-state index < -0.39 is 35.7 Å². The molecule has 0 aromatic heterocycles. The van der Waals surface area contributed by atoms with Crippen LogP contribution in [0.15, 0.2) is 78.4 Å². The summed E-state index contributed by atoms with van der Waals surface area (Å²) in [6, 6.07) is 18.8. The van der Waals surface area contributed by atoms with Gasteiger partial charge in [0.1, 0.15) is 11.5 Å². The number of carbonyl (C=O) groups excluding carboxylic acids is 2. The third-order valence-corrected chi connectivity index (χ3v) is 6.99. The molecule has 0 saturated heterocycles. The Balaban J connectivity index is 1.86. The molecule has 41 heavy (non-hydrogen) atoms. The van der Waals surface area contributed by atoms with Gasteiger partial charge in [-0.15, -0.1) is 0 Å². The minimum Gasteiger partial charge on any atom is -0.476 e. The van der Waals surface area contributed by atoms with E-state index in [1.54, 1.807) is 37.3 Å². The Labute approximate surface area is 237 Å². The third kappa shape index (κ3) is 6.32. The van der Waals surface area contributed by atoms with Crippen LogP contribution in [0.5, 0.6) is 5.75 Å². The van der Waals surface area contributed by atoms with E-state index in [0.29, 0.717) is 11.3 Å². The predicted octanol–water partition coefficient (Wildman–Crippen LogP) is 8.01. The van der Waals surface area contributed by atoms with Crippen molar-refractivity contribution in [1.29, 1.82) is 0 Å². The van der Waals surface area contributed by atoms with E-state index >= 15 is 0 Å². The molecule has 2 atom stereocenters. The Morgan fingerprint density at radius 1 is 0.854 bits per heavy atom. The van der Waals surface area contributed by atoms with Crippen LogP contribution in [-0.4, -0.2) is 24.6 Å². The zero-order chi connectivity index (χ0) is 29.9. The van der Waals surface area contributed by atoms with Crippen molar-refractivity contribution >= 4 is 17.7 Å². The molecule has 0 spiro atoms. The second-order valence-corrected chi connectivity index (χ2v) is 10.5. The van der Waals surface area contributed by atoms with Crippen molar-refractivity contribution in [2.45, 2.75) is 64.7 Å². The number of ether oxygens (including phenoxy) is 3. The van der Waals surface area contributed by atoms with Gasteiger partial charge in [-0.05, 0) is 47.6 Å². The Hall–Kier alpha value is -4.07. The van der Waals surface area contributed by atoms with Crippen LogP contribution in [0.25, 0.3) is 5.76 Å². The van der Waals surface area contributed by atoms with E-state index in [-0.39, 0.29) is 35.3 Å². The highest BCUT2D eigenvalue weighted by atomic mass is 19.4. The molecule has 216 valence electrons. The number of benzene rings is 3. The van der Waals surface area contributed by atoms with Gasteiger partial charge >= 0.3 is 18.1 Å². The van der Waals surface area contributed by atoms with Crippen LogP contribution in [0.1, 0.15) is 80.2 Å². The van der Waals surface area contributed by atoms with Gasteiger partial charge in [0.2, 0.25) is 6.10 Å². The number of halogens is 3. The molecule has 0 fully saturated rings. The SMILES string of the molecule is CCOC(=O)C1=C(c2ccccc2)O[C@@H](C(=O)Oc2c(C(C)C)cccc2C(C)C)[C@@H]1c1ccc(C(F)(F)F)cc1. The smallest absolute Gasteiger partial charge is 0.416 e. The molecular weight excluding hydrogens is 533 g/mol. The predicted molar refractivity (Wildman–Crippen MR) is 149 cm³/mol. The molecule has 1 aliphatic heterocycles. The van der Waals surface area contributed by atoms with E-state index in [9.17, 15) is 22.8 Å². The van der Waals surface area contributed by atoms with Crippen LogP contribution in [0, 0.1) is 0 Å². The van der Waals surface area contributed by atoms with Crippen molar-refractivity contribution in [3.8, 4) is 5.75 Å². The van der Waals surface area contributed by atoms with E-state index in [0.717, 1.165) is 23.3 Å². The van der Waals surface area contributed by atoms with Crippen LogP contribution >= 0.6 is 0 Å². The summed E-state index contributed by atoms with van der Waals surface area (Å²) in [5.41, 5.74) is 1.66. The first-order valence-electron chi connectivity index (χ1n) is 13.6. The fourth-order valence-corrected chi connectivity index (χ4v) is 4.96. The number of carbonyl (C=O) groups is 2. The van der Waals surface area contributed by atoms with Gasteiger partial charge in [-0.1, -0.05) is 88.4 Å². The molecule has 4 rings (SSSR count). The summed E-state index contributed by atoms with van der Waals surface area (Å²) in [6.07, 6.45) is -5.91. The van der Waals surface area contributed by atoms with Crippen molar-refractivity contribution in [1.82, 2.24) is 0 Å². The molecular formula is C33H33F3O5. The summed E-state index contributed by atoms with van der Waals surface area (Å²) in [5.74, 6) is -1.94. The summed E-state index contributed by atoms with van der Waals surface area (Å²) in [7, 11) is 0. The minimum absolute atomic E-state index is 0.0415. The monoisotopic (exact) mass is 566 g/mol. The fraction of sp³-hybridized carbons (Fsp3) is 0.333. The number of esters is 2. The average Bonchev–Trinajstić information content (AvgIpc) is 3.34. The van der Waals surface area contributed by atoms with Crippen molar-refractivity contribution < 1.29 is 37.0 Å². The van der Waals surface area contributed by atoms with Gasteiger partial charge in [0.15, 0.2) is 0 Å². The molecule has 0 saturated carbocycles. The lowest BCUT2D eigenvalue weighted by Gasteiger charge is -2.23. The highest BCUT2D eigenvalue weighted by Gasteiger charge is 2.48. The maximum absolute atomic E-state index is 14.0. The molecule has 0 radical (unpaired) electrons. The minimum atomic E-state index is -4.55. The number of hydrogen-bond donors (Lipinski definition) is 0. The van der Waals surface area contributed by atoms with Gasteiger partial charge in [0, 0.05) is 5.56 Å². The van der Waals surface area contributed by atoms with Gasteiger partial charge in [-0.25, -0.2) is 9.59 Å². The summed E-state index contributed by atoms with van der Waals surface area (Å²) in [6.45, 7) is 9.65. The summed E-state index contributed by atoms with van der Waals surface area (Å²) in [4.78, 5) is 27.3. The number of para-hydroxylation sites is 1. The molecule has 8 heteroatoms. The molecule has 0 bridgehead atoms. The van der Waals surface area contributed by atoms with Crippen molar-refractivity contribution in [2.24, 2.45) is 0 Å². The van der Waals surface area contributed by atoms with Gasteiger partial charge in [0.25, 0.3) is 0 Å². The normalized spacial score (nSPS) is 17.1. The van der Waals surface area contributed by atoms with E-state index in [1.165, 1.54) is 12.1 Å². The summed E-state index contributed by atoms with van der Waals surface area (Å²) < 4.78 is 57.7. The van der Waals surface area contributed by atoms with Crippen LogP contribution in [0.2, 0.25) is 0 Å². The maximum atomic E-state index is 14.0. The lowest BCUT2D eigenvalue weighted by atomic mass is 9.86. The summed E-state index contributed by atoms with van der Waals surface area (Å²) >= 11 is 0. The van der Waals surface area contributed by atoms with E-state index in [4.69, 9.17) is 14.2 Å². The molecule has 3 aromatic rings. The number of alkyl halides is 3. The zero-order valence-corrected chi connectivity index (χ0v) is 23.6. The Kier molecular flexibility index (Phi) is 8.90. The quantitative estimate of drug-likeness (QED) is 0.204. The fourth-order valence-electron chi connectivity index (χ4n) is 4.96. The van der Waals surface area contributed by atoms with Gasteiger partial charge < -0.3 is 14.2 Å². The van der Waals surface area contributed by atoms with Crippen LogP contribution < -0.4 is 4.74 Å². The highest BCUT2D eigenvalue weighted by molar-refractivity contribution is 6.01. The average molecular weight is 567 g/mol. The van der Waals surface area contributed by atoms with Gasteiger partial charge in [-0.3, -0.25) is 0 Å².